The van der Waals surface area contributed by atoms with Gasteiger partial charge in [-0.2, -0.15) is 0 Å². The minimum atomic E-state index is -0.290. The van der Waals surface area contributed by atoms with Crippen LogP contribution in [0.2, 0.25) is 10.0 Å². The van der Waals surface area contributed by atoms with Crippen molar-refractivity contribution in [2.24, 2.45) is 5.84 Å². The number of hydrazine groups is 1. The van der Waals surface area contributed by atoms with Gasteiger partial charge in [0.15, 0.2) is 5.58 Å². The summed E-state index contributed by atoms with van der Waals surface area (Å²) in [4.78, 5) is 0. The summed E-state index contributed by atoms with van der Waals surface area (Å²) in [5, 5.41) is 2.15. The van der Waals surface area contributed by atoms with Crippen LogP contribution in [0.1, 0.15) is 17.4 Å². The second-order valence-corrected chi connectivity index (χ2v) is 6.25. The first-order valence-electron chi connectivity index (χ1n) is 6.19. The van der Waals surface area contributed by atoms with Crippen LogP contribution in [0.3, 0.4) is 0 Å². The molecule has 1 heterocycles. The standard InChI is InChI=1S/C15H11BrCl2N2O/c16-10-6-8(4-5-11(10)17)14(20-19)13-7-9-2-1-3-12(18)15(9)21-13/h1-7,14,20H,19H2. The van der Waals surface area contributed by atoms with Crippen LogP contribution in [0.15, 0.2) is 51.4 Å². The number of halogens is 3. The van der Waals surface area contributed by atoms with Gasteiger partial charge in [-0.05, 0) is 45.8 Å². The first-order valence-corrected chi connectivity index (χ1v) is 7.74. The van der Waals surface area contributed by atoms with Crippen LogP contribution in [-0.2, 0) is 0 Å². The Bertz CT molecular complexity index is 803. The molecule has 21 heavy (non-hydrogen) atoms. The molecule has 0 saturated carbocycles. The van der Waals surface area contributed by atoms with Gasteiger partial charge in [-0.25, -0.2) is 5.43 Å². The number of hydrogen-bond donors (Lipinski definition) is 2. The number of fused-ring (bicyclic) bond motifs is 1. The molecule has 0 radical (unpaired) electrons. The molecule has 2 aromatic carbocycles. The van der Waals surface area contributed by atoms with Crippen molar-refractivity contribution in [2.45, 2.75) is 6.04 Å². The highest BCUT2D eigenvalue weighted by atomic mass is 79.9. The van der Waals surface area contributed by atoms with E-state index in [1.54, 1.807) is 12.1 Å². The average molecular weight is 386 g/mol. The van der Waals surface area contributed by atoms with Crippen LogP contribution in [0.25, 0.3) is 11.0 Å². The molecule has 0 aliphatic rings. The summed E-state index contributed by atoms with van der Waals surface area (Å²) in [7, 11) is 0. The lowest BCUT2D eigenvalue weighted by Gasteiger charge is -2.14. The van der Waals surface area contributed by atoms with Crippen molar-refractivity contribution in [2.75, 3.05) is 0 Å². The van der Waals surface area contributed by atoms with Gasteiger partial charge in [0.25, 0.3) is 0 Å². The number of furan rings is 1. The third kappa shape index (κ3) is 2.82. The van der Waals surface area contributed by atoms with Gasteiger partial charge < -0.3 is 4.42 Å². The number of nitrogens with one attached hydrogen (secondary N) is 1. The fraction of sp³-hybridized carbons (Fsp3) is 0.0667. The summed E-state index contributed by atoms with van der Waals surface area (Å²) in [5.41, 5.74) is 4.35. The average Bonchev–Trinajstić information content (AvgIpc) is 2.89. The lowest BCUT2D eigenvalue weighted by atomic mass is 10.1. The van der Waals surface area contributed by atoms with E-state index < -0.39 is 0 Å². The Balaban J connectivity index is 2.09. The molecule has 108 valence electrons. The highest BCUT2D eigenvalue weighted by Crippen LogP contribution is 2.33. The van der Waals surface area contributed by atoms with Gasteiger partial charge in [0.2, 0.25) is 0 Å². The molecule has 3 N–H and O–H groups in total. The van der Waals surface area contributed by atoms with Gasteiger partial charge in [0.05, 0.1) is 10.0 Å². The summed E-state index contributed by atoms with van der Waals surface area (Å²) < 4.78 is 6.66. The number of para-hydroxylation sites is 1. The van der Waals surface area contributed by atoms with Gasteiger partial charge in [-0.3, -0.25) is 5.84 Å². The smallest absolute Gasteiger partial charge is 0.152 e. The van der Waals surface area contributed by atoms with E-state index in [-0.39, 0.29) is 6.04 Å². The Morgan fingerprint density at radius 1 is 1.10 bits per heavy atom. The monoisotopic (exact) mass is 384 g/mol. The Morgan fingerprint density at radius 2 is 1.90 bits per heavy atom. The van der Waals surface area contributed by atoms with Crippen molar-refractivity contribution in [3.8, 4) is 0 Å². The van der Waals surface area contributed by atoms with Crippen molar-refractivity contribution in [1.82, 2.24) is 5.43 Å². The van der Waals surface area contributed by atoms with Gasteiger partial charge in [-0.15, -0.1) is 0 Å². The van der Waals surface area contributed by atoms with E-state index in [0.717, 1.165) is 15.4 Å². The SMILES string of the molecule is NNC(c1ccc(Cl)c(Br)c1)c1cc2cccc(Cl)c2o1. The molecule has 0 amide bonds. The number of nitrogens with two attached hydrogens (primary N) is 1. The van der Waals surface area contributed by atoms with Crippen LogP contribution in [0, 0.1) is 0 Å². The molecule has 0 saturated heterocycles. The lowest BCUT2D eigenvalue weighted by Crippen LogP contribution is -2.28. The Labute approximate surface area is 140 Å². The summed E-state index contributed by atoms with van der Waals surface area (Å²) in [5.74, 6) is 6.38. The largest absolute Gasteiger partial charge is 0.457 e. The predicted octanol–water partition coefficient (Wildman–Crippen LogP) is 5.05. The maximum Gasteiger partial charge on any atom is 0.152 e. The van der Waals surface area contributed by atoms with Gasteiger partial charge in [-0.1, -0.05) is 41.4 Å². The molecule has 6 heteroatoms. The van der Waals surface area contributed by atoms with Crippen LogP contribution in [0.4, 0.5) is 0 Å². The first kappa shape index (κ1) is 14.9. The van der Waals surface area contributed by atoms with E-state index in [0.29, 0.717) is 21.4 Å². The van der Waals surface area contributed by atoms with Gasteiger partial charge in [0, 0.05) is 9.86 Å². The highest BCUT2D eigenvalue weighted by molar-refractivity contribution is 9.10. The minimum Gasteiger partial charge on any atom is -0.457 e. The molecule has 3 aromatic rings. The maximum atomic E-state index is 6.14. The normalized spacial score (nSPS) is 12.8. The second kappa shape index (κ2) is 5.99. The van der Waals surface area contributed by atoms with Crippen molar-refractivity contribution in [3.05, 3.63) is 68.3 Å². The van der Waals surface area contributed by atoms with Crippen LogP contribution in [0.5, 0.6) is 0 Å². The molecule has 3 nitrogen and oxygen atoms in total. The summed E-state index contributed by atoms with van der Waals surface area (Å²) in [6, 6.07) is 12.9. The van der Waals surface area contributed by atoms with Crippen molar-refractivity contribution in [1.29, 1.82) is 0 Å². The molecular formula is C15H11BrCl2N2O. The topological polar surface area (TPSA) is 51.2 Å². The van der Waals surface area contributed by atoms with E-state index in [9.17, 15) is 0 Å². The molecule has 1 unspecified atom stereocenters. The quantitative estimate of drug-likeness (QED) is 0.489. The van der Waals surface area contributed by atoms with Gasteiger partial charge in [0.1, 0.15) is 11.8 Å². The Morgan fingerprint density at radius 3 is 2.57 bits per heavy atom. The zero-order valence-electron chi connectivity index (χ0n) is 10.7. The fourth-order valence-corrected chi connectivity index (χ4v) is 2.96. The third-order valence-electron chi connectivity index (χ3n) is 3.24. The van der Waals surface area contributed by atoms with Crippen molar-refractivity contribution < 1.29 is 4.42 Å². The van der Waals surface area contributed by atoms with E-state index >= 15 is 0 Å². The molecule has 0 aliphatic heterocycles. The molecule has 0 fully saturated rings. The number of hydrogen-bond acceptors (Lipinski definition) is 3. The molecule has 3 rings (SSSR count). The van der Waals surface area contributed by atoms with Crippen molar-refractivity contribution in [3.63, 3.8) is 0 Å². The summed E-state index contributed by atoms with van der Waals surface area (Å²) in [6.07, 6.45) is 0. The van der Waals surface area contributed by atoms with E-state index in [1.165, 1.54) is 0 Å². The zero-order valence-corrected chi connectivity index (χ0v) is 13.8. The molecule has 1 aromatic heterocycles. The van der Waals surface area contributed by atoms with E-state index in [1.807, 2.05) is 30.3 Å². The molecule has 1 atom stereocenters. The molecular weight excluding hydrogens is 375 g/mol. The Kier molecular flexibility index (Phi) is 4.24. The second-order valence-electron chi connectivity index (χ2n) is 4.58. The third-order valence-corrected chi connectivity index (χ3v) is 4.75. The number of rotatable bonds is 3. The van der Waals surface area contributed by atoms with Crippen LogP contribution in [-0.4, -0.2) is 0 Å². The molecule has 0 aliphatic carbocycles. The van der Waals surface area contributed by atoms with E-state index in [4.69, 9.17) is 33.5 Å². The van der Waals surface area contributed by atoms with Gasteiger partial charge >= 0.3 is 0 Å². The zero-order chi connectivity index (χ0) is 15.0. The molecule has 0 spiro atoms. The minimum absolute atomic E-state index is 0.290. The first-order chi connectivity index (χ1) is 10.1. The predicted molar refractivity (Wildman–Crippen MR) is 89.5 cm³/mol. The van der Waals surface area contributed by atoms with Crippen molar-refractivity contribution >= 4 is 50.1 Å². The Hall–Kier alpha value is -1.04. The van der Waals surface area contributed by atoms with E-state index in [2.05, 4.69) is 21.4 Å². The fourth-order valence-electron chi connectivity index (χ4n) is 2.22. The molecule has 0 bridgehead atoms. The maximum absolute atomic E-state index is 6.14. The number of benzene rings is 2. The lowest BCUT2D eigenvalue weighted by molar-refractivity contribution is 0.477. The van der Waals surface area contributed by atoms with Crippen LogP contribution < -0.4 is 11.3 Å². The highest BCUT2D eigenvalue weighted by Gasteiger charge is 2.19. The summed E-state index contributed by atoms with van der Waals surface area (Å²) in [6.45, 7) is 0. The van der Waals surface area contributed by atoms with Crippen LogP contribution >= 0.6 is 39.1 Å². The summed E-state index contributed by atoms with van der Waals surface area (Å²) >= 11 is 15.6.